The molecule has 0 aromatic rings. The van der Waals surface area contributed by atoms with Crippen molar-refractivity contribution < 1.29 is 9.47 Å². The summed E-state index contributed by atoms with van der Waals surface area (Å²) in [6.45, 7) is 13.4. The van der Waals surface area contributed by atoms with Crippen LogP contribution < -0.4 is 0 Å². The van der Waals surface area contributed by atoms with Gasteiger partial charge in [-0.2, -0.15) is 26.3 Å². The second kappa shape index (κ2) is 12.1. The quantitative estimate of drug-likeness (QED) is 0.241. The molecule has 0 saturated heterocycles. The molecule has 0 bridgehead atoms. The van der Waals surface area contributed by atoms with Crippen LogP contribution in [0.3, 0.4) is 0 Å². The van der Waals surface area contributed by atoms with Gasteiger partial charge < -0.3 is 14.9 Å². The van der Waals surface area contributed by atoms with Gasteiger partial charge in [0.05, 0.1) is 0 Å². The van der Waals surface area contributed by atoms with Crippen LogP contribution in [0.2, 0.25) is 0 Å². The van der Waals surface area contributed by atoms with Crippen molar-refractivity contribution in [3.05, 3.63) is 90.8 Å². The highest BCUT2D eigenvalue weighted by molar-refractivity contribution is 6.32. The highest BCUT2D eigenvalue weighted by Gasteiger charge is 2.41. The standard InChI is InChI=1S/C34H30ClN6O2/c1-32(2,3)26-11-8-20(9-12-27-24(18-40)30(21(14-36)15-37)42-33(27,4)5)29(35)23(26)10-13-28-25(19-41)31(22(16-38)17-39)43-34(28,6)7/h9-10,12-13,26H,8,11H2,1-7H3/q-1/b13-10+,20-9+,27-12+. The van der Waals surface area contributed by atoms with E-state index in [9.17, 15) is 31.7 Å². The van der Waals surface area contributed by atoms with Gasteiger partial charge in [-0.3, -0.25) is 0 Å². The number of nitrogens with zero attached hydrogens (tertiary/aromatic N) is 6. The van der Waals surface area contributed by atoms with Crippen LogP contribution in [0.4, 0.5) is 0 Å². The Kier molecular flexibility index (Phi) is 9.11. The Morgan fingerprint density at radius 1 is 0.907 bits per heavy atom. The summed E-state index contributed by atoms with van der Waals surface area (Å²) in [5, 5.41) is 57.8. The number of hydrogen-bond donors (Lipinski definition) is 0. The number of ether oxygens (including phenoxy) is 2. The summed E-state index contributed by atoms with van der Waals surface area (Å²) in [6.07, 6.45) is 8.68. The minimum absolute atomic E-state index is 0.0313. The van der Waals surface area contributed by atoms with Gasteiger partial charge in [0.2, 0.25) is 0 Å². The van der Waals surface area contributed by atoms with Gasteiger partial charge in [-0.05, 0) is 63.0 Å². The van der Waals surface area contributed by atoms with Gasteiger partial charge in [0, 0.05) is 16.2 Å². The first-order valence-electron chi connectivity index (χ1n) is 13.5. The van der Waals surface area contributed by atoms with Crippen molar-refractivity contribution in [3.63, 3.8) is 0 Å². The van der Waals surface area contributed by atoms with E-state index in [0.29, 0.717) is 22.6 Å². The summed E-state index contributed by atoms with van der Waals surface area (Å²) in [7, 11) is 0. The molecule has 3 aliphatic rings. The molecule has 0 radical (unpaired) electrons. The lowest BCUT2D eigenvalue weighted by molar-refractivity contribution is 0.0950. The van der Waals surface area contributed by atoms with E-state index in [1.54, 1.807) is 63.9 Å². The first kappa shape index (κ1) is 32.5. The maximum Gasteiger partial charge on any atom is 0.172 e. The summed E-state index contributed by atoms with van der Waals surface area (Å²) < 4.78 is 11.8. The Balaban J connectivity index is 2.22. The lowest BCUT2D eigenvalue weighted by Crippen LogP contribution is -2.26. The highest BCUT2D eigenvalue weighted by atomic mass is 35.5. The van der Waals surface area contributed by atoms with Crippen molar-refractivity contribution in [1.29, 1.82) is 26.3 Å². The van der Waals surface area contributed by atoms with E-state index in [-0.39, 0.29) is 45.1 Å². The van der Waals surface area contributed by atoms with E-state index >= 15 is 0 Å². The zero-order valence-electron chi connectivity index (χ0n) is 25.2. The zero-order chi connectivity index (χ0) is 32.3. The third kappa shape index (κ3) is 6.12. The van der Waals surface area contributed by atoms with E-state index in [0.717, 1.165) is 17.6 Å². The molecule has 2 heterocycles. The number of halogens is 1. The first-order valence-corrected chi connectivity index (χ1v) is 13.9. The van der Waals surface area contributed by atoms with Crippen LogP contribution in [0.15, 0.2) is 85.4 Å². The predicted octanol–water partition coefficient (Wildman–Crippen LogP) is 7.55. The van der Waals surface area contributed by atoms with Gasteiger partial charge in [0.15, 0.2) is 17.1 Å². The predicted molar refractivity (Wildman–Crippen MR) is 162 cm³/mol. The fraction of sp³-hybridized carbons (Fsp3) is 0.382. The minimum Gasteiger partial charge on any atom is -0.762 e. The molecular weight excluding hydrogens is 560 g/mol. The fourth-order valence-electron chi connectivity index (χ4n) is 5.47. The van der Waals surface area contributed by atoms with Crippen LogP contribution in [-0.4, -0.2) is 17.1 Å². The van der Waals surface area contributed by atoms with E-state index in [1.165, 1.54) is 0 Å². The lowest BCUT2D eigenvalue weighted by atomic mass is 9.70. The Morgan fingerprint density at radius 3 is 2.05 bits per heavy atom. The topological polar surface area (TPSA) is 160 Å². The molecule has 0 amide bonds. The Labute approximate surface area is 257 Å². The van der Waals surface area contributed by atoms with Crippen molar-refractivity contribution in [2.24, 2.45) is 11.3 Å². The molecule has 0 fully saturated rings. The minimum atomic E-state index is -0.966. The van der Waals surface area contributed by atoms with E-state index in [4.69, 9.17) is 21.1 Å². The molecule has 9 heteroatoms. The van der Waals surface area contributed by atoms with Gasteiger partial charge in [0.1, 0.15) is 58.3 Å². The van der Waals surface area contributed by atoms with E-state index < -0.39 is 11.2 Å². The van der Waals surface area contributed by atoms with Crippen LogP contribution in [0.25, 0.3) is 5.41 Å². The maximum absolute atomic E-state index is 9.93. The zero-order valence-corrected chi connectivity index (χ0v) is 25.9. The molecule has 1 aliphatic carbocycles. The summed E-state index contributed by atoms with van der Waals surface area (Å²) >= 11 is 7.08. The average molecular weight is 590 g/mol. The number of rotatable bonds is 4. The Morgan fingerprint density at radius 2 is 1.53 bits per heavy atom. The number of hydrogen-bond acceptors (Lipinski definition) is 7. The molecule has 1 unspecified atom stereocenters. The van der Waals surface area contributed by atoms with Gasteiger partial charge in [-0.25, -0.2) is 5.87 Å². The third-order valence-electron chi connectivity index (χ3n) is 7.67. The average Bonchev–Trinajstić information content (AvgIpc) is 3.35. The summed E-state index contributed by atoms with van der Waals surface area (Å²) in [6, 6.07) is 9.58. The monoisotopic (exact) mass is 589 g/mol. The van der Waals surface area contributed by atoms with Crippen molar-refractivity contribution in [2.45, 2.75) is 72.5 Å². The van der Waals surface area contributed by atoms with Gasteiger partial charge in [-0.15, -0.1) is 0 Å². The van der Waals surface area contributed by atoms with Crippen molar-refractivity contribution in [1.82, 2.24) is 0 Å². The molecule has 0 spiro atoms. The molecule has 43 heavy (non-hydrogen) atoms. The largest absolute Gasteiger partial charge is 0.762 e. The highest BCUT2D eigenvalue weighted by Crippen LogP contribution is 2.47. The third-order valence-corrected chi connectivity index (χ3v) is 8.13. The molecule has 216 valence electrons. The second-order valence-corrected chi connectivity index (χ2v) is 12.7. The molecule has 0 aromatic carbocycles. The summed E-state index contributed by atoms with van der Waals surface area (Å²) in [5.74, 6) is 1.80. The summed E-state index contributed by atoms with van der Waals surface area (Å²) in [4.78, 5) is 0. The molecule has 0 aromatic heterocycles. The lowest BCUT2D eigenvalue weighted by Gasteiger charge is -2.36. The SMILES string of the molecule is CC1(C)OC(=C(C#N)C#N)C(C#N)=C1/C=C/C1=C(Cl)C(=C/C=C2\C(C#N)=C(C(=C=[N-])C#N)OC2(C)C)/CCC1C(C)(C)C. The van der Waals surface area contributed by atoms with Crippen LogP contribution in [0.5, 0.6) is 0 Å². The number of allylic oxidation sites excluding steroid dienone is 9. The van der Waals surface area contributed by atoms with Gasteiger partial charge >= 0.3 is 0 Å². The van der Waals surface area contributed by atoms with E-state index in [1.807, 2.05) is 12.2 Å². The van der Waals surface area contributed by atoms with Gasteiger partial charge in [0.25, 0.3) is 0 Å². The van der Waals surface area contributed by atoms with Crippen LogP contribution in [0, 0.1) is 68.0 Å². The normalized spacial score (nSPS) is 22.8. The molecule has 8 nitrogen and oxygen atoms in total. The Hall–Kier alpha value is -5.03. The smallest absolute Gasteiger partial charge is 0.172 e. The fourth-order valence-corrected chi connectivity index (χ4v) is 5.82. The van der Waals surface area contributed by atoms with Crippen molar-refractivity contribution in [3.8, 4) is 30.3 Å². The molecule has 1 atom stereocenters. The summed E-state index contributed by atoms with van der Waals surface area (Å²) in [5.41, 5.74) is 0.383. The van der Waals surface area contributed by atoms with Crippen LogP contribution in [-0.2, 0) is 9.47 Å². The molecular formula is C34H30ClN6O2-. The molecule has 0 saturated carbocycles. The van der Waals surface area contributed by atoms with Crippen molar-refractivity contribution in [2.75, 3.05) is 0 Å². The van der Waals surface area contributed by atoms with Gasteiger partial charge in [-0.1, -0.05) is 56.7 Å². The van der Waals surface area contributed by atoms with Crippen LogP contribution in [0.1, 0.15) is 61.3 Å². The first-order chi connectivity index (χ1) is 20.1. The van der Waals surface area contributed by atoms with E-state index in [2.05, 4.69) is 32.9 Å². The Bertz CT molecular complexity index is 1740. The number of nitriles is 5. The molecule has 2 aliphatic heterocycles. The molecule has 0 N–H and O–H groups in total. The van der Waals surface area contributed by atoms with Crippen LogP contribution >= 0.6 is 11.6 Å². The second-order valence-electron chi connectivity index (χ2n) is 12.3. The van der Waals surface area contributed by atoms with Crippen molar-refractivity contribution >= 4 is 17.5 Å². The maximum atomic E-state index is 9.93. The molecule has 3 rings (SSSR count).